The Bertz CT molecular complexity index is 731. The molecule has 6 nitrogen and oxygen atoms in total. The van der Waals surface area contributed by atoms with E-state index in [1.807, 2.05) is 31.7 Å². The van der Waals surface area contributed by atoms with Gasteiger partial charge in [-0.25, -0.2) is 9.97 Å². The van der Waals surface area contributed by atoms with Gasteiger partial charge in [0.05, 0.1) is 6.10 Å². The predicted octanol–water partition coefficient (Wildman–Crippen LogP) is 3.08. The van der Waals surface area contributed by atoms with Gasteiger partial charge in [-0.05, 0) is 37.7 Å². The number of rotatable bonds is 7. The van der Waals surface area contributed by atoms with Crippen molar-refractivity contribution in [3.8, 4) is 11.8 Å². The summed E-state index contributed by atoms with van der Waals surface area (Å²) in [7, 11) is 0. The molecule has 0 bridgehead atoms. The maximum Gasteiger partial charge on any atom is 0.251 e. The molecule has 26 heavy (non-hydrogen) atoms. The van der Waals surface area contributed by atoms with Gasteiger partial charge in [-0.1, -0.05) is 6.07 Å². The molecule has 0 aromatic carbocycles. The molecular weight excluding hydrogens is 350 g/mol. The maximum atomic E-state index is 12.4. The Kier molecular flexibility index (Phi) is 6.33. The van der Waals surface area contributed by atoms with Crippen LogP contribution in [0.5, 0.6) is 11.8 Å². The van der Waals surface area contributed by atoms with Crippen LogP contribution in [0.15, 0.2) is 36.7 Å². The minimum absolute atomic E-state index is 0.0824. The van der Waals surface area contributed by atoms with Crippen LogP contribution in [0.2, 0.25) is 0 Å². The highest BCUT2D eigenvalue weighted by Crippen LogP contribution is 2.22. The van der Waals surface area contributed by atoms with E-state index in [4.69, 9.17) is 9.47 Å². The number of hydrogen-bond acceptors (Lipinski definition) is 6. The van der Waals surface area contributed by atoms with Crippen molar-refractivity contribution in [3.63, 3.8) is 0 Å². The third-order valence-corrected chi connectivity index (χ3v) is 4.91. The summed E-state index contributed by atoms with van der Waals surface area (Å²) in [5.41, 5.74) is 1.44. The zero-order valence-corrected chi connectivity index (χ0v) is 15.8. The number of carbonyl (C=O) groups is 1. The first kappa shape index (κ1) is 18.5. The van der Waals surface area contributed by atoms with E-state index < -0.39 is 0 Å². The second-order valence-corrected chi connectivity index (χ2v) is 7.49. The third kappa shape index (κ3) is 5.36. The third-order valence-electron chi connectivity index (χ3n) is 3.78. The molecule has 1 aliphatic heterocycles. The van der Waals surface area contributed by atoms with Gasteiger partial charge >= 0.3 is 0 Å². The summed E-state index contributed by atoms with van der Waals surface area (Å²) in [6.45, 7) is 4.30. The molecule has 1 saturated heterocycles. The fraction of sp³-hybridized carbons (Fsp3) is 0.421. The molecule has 138 valence electrons. The number of hydrogen-bond donors (Lipinski definition) is 1. The van der Waals surface area contributed by atoms with E-state index in [1.54, 1.807) is 30.6 Å². The number of pyridine rings is 2. The Labute approximate surface area is 157 Å². The van der Waals surface area contributed by atoms with Crippen LogP contribution < -0.4 is 14.8 Å². The number of aromatic nitrogens is 2. The molecule has 1 atom stereocenters. The van der Waals surface area contributed by atoms with Crippen molar-refractivity contribution in [2.24, 2.45) is 0 Å². The molecule has 0 saturated carbocycles. The number of carbonyl (C=O) groups excluding carboxylic acids is 1. The van der Waals surface area contributed by atoms with Crippen molar-refractivity contribution in [3.05, 3.63) is 47.8 Å². The van der Waals surface area contributed by atoms with Crippen LogP contribution in [0.3, 0.4) is 0 Å². The lowest BCUT2D eigenvalue weighted by molar-refractivity contribution is 0.0950. The van der Waals surface area contributed by atoms with Crippen LogP contribution in [0, 0.1) is 0 Å². The fourth-order valence-corrected chi connectivity index (χ4v) is 3.60. The highest BCUT2D eigenvalue weighted by Gasteiger charge is 2.18. The summed E-state index contributed by atoms with van der Waals surface area (Å²) >= 11 is 1.87. The Morgan fingerprint density at radius 3 is 2.88 bits per heavy atom. The molecule has 7 heteroatoms. The van der Waals surface area contributed by atoms with Crippen molar-refractivity contribution >= 4 is 17.7 Å². The average molecular weight is 373 g/mol. The van der Waals surface area contributed by atoms with Gasteiger partial charge in [0, 0.05) is 42.4 Å². The van der Waals surface area contributed by atoms with Crippen molar-refractivity contribution < 1.29 is 14.3 Å². The smallest absolute Gasteiger partial charge is 0.251 e. The minimum atomic E-state index is -0.166. The van der Waals surface area contributed by atoms with Gasteiger partial charge in [-0.15, -0.1) is 0 Å². The van der Waals surface area contributed by atoms with E-state index in [0.717, 1.165) is 23.5 Å². The Morgan fingerprint density at radius 2 is 2.19 bits per heavy atom. The lowest BCUT2D eigenvalue weighted by Crippen LogP contribution is -2.23. The van der Waals surface area contributed by atoms with Crippen LogP contribution in [-0.4, -0.2) is 39.6 Å². The van der Waals surface area contributed by atoms with Crippen LogP contribution in [0.1, 0.15) is 36.2 Å². The second kappa shape index (κ2) is 8.89. The van der Waals surface area contributed by atoms with E-state index in [2.05, 4.69) is 15.3 Å². The van der Waals surface area contributed by atoms with Crippen LogP contribution in [-0.2, 0) is 6.54 Å². The SMILES string of the molecule is CC(C)Oc1ccc(CNC(=O)c2ccnc(OC3CCSC3)c2)cn1. The summed E-state index contributed by atoms with van der Waals surface area (Å²) < 4.78 is 11.3. The van der Waals surface area contributed by atoms with E-state index in [0.29, 0.717) is 23.9 Å². The largest absolute Gasteiger partial charge is 0.475 e. The molecule has 1 amide bonds. The number of amides is 1. The average Bonchev–Trinajstić information content (AvgIpc) is 3.13. The molecule has 1 unspecified atom stereocenters. The summed E-state index contributed by atoms with van der Waals surface area (Å²) in [5.74, 6) is 3.00. The summed E-state index contributed by atoms with van der Waals surface area (Å²) in [6.07, 6.45) is 4.59. The zero-order chi connectivity index (χ0) is 18.4. The molecule has 0 spiro atoms. The van der Waals surface area contributed by atoms with Crippen molar-refractivity contribution in [2.45, 2.75) is 39.0 Å². The molecule has 1 N–H and O–H groups in total. The number of nitrogens with one attached hydrogen (secondary N) is 1. The molecule has 0 radical (unpaired) electrons. The van der Waals surface area contributed by atoms with Gasteiger partial charge in [0.1, 0.15) is 6.10 Å². The van der Waals surface area contributed by atoms with Crippen molar-refractivity contribution in [1.29, 1.82) is 0 Å². The Hall–Kier alpha value is -2.28. The number of nitrogens with zero attached hydrogens (tertiary/aromatic N) is 2. The van der Waals surface area contributed by atoms with Gasteiger partial charge in [0.2, 0.25) is 11.8 Å². The summed E-state index contributed by atoms with van der Waals surface area (Å²) in [4.78, 5) is 20.8. The Balaban J connectivity index is 1.54. The molecule has 3 heterocycles. The second-order valence-electron chi connectivity index (χ2n) is 6.34. The zero-order valence-electron chi connectivity index (χ0n) is 15.0. The quantitative estimate of drug-likeness (QED) is 0.804. The minimum Gasteiger partial charge on any atom is -0.475 e. The van der Waals surface area contributed by atoms with Crippen molar-refractivity contribution in [1.82, 2.24) is 15.3 Å². The molecule has 1 aliphatic rings. The molecule has 2 aromatic heterocycles. The van der Waals surface area contributed by atoms with E-state index in [-0.39, 0.29) is 18.1 Å². The highest BCUT2D eigenvalue weighted by molar-refractivity contribution is 7.99. The van der Waals surface area contributed by atoms with E-state index in [1.165, 1.54) is 0 Å². The van der Waals surface area contributed by atoms with Gasteiger partial charge in [-0.3, -0.25) is 4.79 Å². The maximum absolute atomic E-state index is 12.4. The van der Waals surface area contributed by atoms with Gasteiger partial charge in [0.25, 0.3) is 5.91 Å². The normalized spacial score (nSPS) is 16.5. The predicted molar refractivity (Wildman–Crippen MR) is 102 cm³/mol. The van der Waals surface area contributed by atoms with Gasteiger partial charge < -0.3 is 14.8 Å². The molecule has 3 rings (SSSR count). The van der Waals surface area contributed by atoms with Crippen LogP contribution in [0.4, 0.5) is 0 Å². The molecule has 1 fully saturated rings. The first-order valence-corrected chi connectivity index (χ1v) is 9.86. The molecular formula is C19H23N3O3S. The first-order chi connectivity index (χ1) is 12.6. The van der Waals surface area contributed by atoms with E-state index in [9.17, 15) is 4.79 Å². The molecule has 0 aliphatic carbocycles. The highest BCUT2D eigenvalue weighted by atomic mass is 32.2. The fourth-order valence-electron chi connectivity index (χ4n) is 2.50. The number of ether oxygens (including phenoxy) is 2. The lowest BCUT2D eigenvalue weighted by Gasteiger charge is -2.12. The summed E-state index contributed by atoms with van der Waals surface area (Å²) in [6, 6.07) is 7.07. The standard InChI is InChI=1S/C19H23N3O3S/c1-13(2)24-17-4-3-14(10-21-17)11-22-19(23)15-5-7-20-18(9-15)25-16-6-8-26-12-16/h3-5,7,9-10,13,16H,6,8,11-12H2,1-2H3,(H,22,23). The van der Waals surface area contributed by atoms with Crippen LogP contribution in [0.25, 0.3) is 0 Å². The number of thioether (sulfide) groups is 1. The Morgan fingerprint density at radius 1 is 1.31 bits per heavy atom. The molecule has 2 aromatic rings. The monoisotopic (exact) mass is 373 g/mol. The van der Waals surface area contributed by atoms with E-state index >= 15 is 0 Å². The lowest BCUT2D eigenvalue weighted by atomic mass is 10.2. The van der Waals surface area contributed by atoms with Gasteiger partial charge in [-0.2, -0.15) is 11.8 Å². The van der Waals surface area contributed by atoms with Crippen molar-refractivity contribution in [2.75, 3.05) is 11.5 Å². The first-order valence-electron chi connectivity index (χ1n) is 8.70. The topological polar surface area (TPSA) is 73.3 Å². The van der Waals surface area contributed by atoms with Gasteiger partial charge in [0.15, 0.2) is 0 Å². The summed E-state index contributed by atoms with van der Waals surface area (Å²) in [5, 5.41) is 2.89. The van der Waals surface area contributed by atoms with Crippen LogP contribution >= 0.6 is 11.8 Å².